The van der Waals surface area contributed by atoms with E-state index in [0.717, 1.165) is 36.3 Å². The minimum atomic E-state index is 0.0641. The maximum Gasteiger partial charge on any atom is 0.235 e. The molecule has 1 aliphatic carbocycles. The van der Waals surface area contributed by atoms with Crippen molar-refractivity contribution in [2.45, 2.75) is 31.6 Å². The highest BCUT2D eigenvalue weighted by atomic mass is 32.1. The number of H-pyrrole nitrogens is 1. The number of nitrogens with one attached hydrogen (secondary N) is 1. The van der Waals surface area contributed by atoms with Crippen LogP contribution in [0.5, 0.6) is 0 Å². The van der Waals surface area contributed by atoms with Gasteiger partial charge in [0.1, 0.15) is 0 Å². The summed E-state index contributed by atoms with van der Waals surface area (Å²) in [6.45, 7) is 0. The van der Waals surface area contributed by atoms with Crippen molar-refractivity contribution in [1.29, 1.82) is 0 Å². The van der Waals surface area contributed by atoms with Crippen LogP contribution in [0.25, 0.3) is 0 Å². The van der Waals surface area contributed by atoms with Crippen LogP contribution in [0.2, 0.25) is 0 Å². The molecule has 0 saturated carbocycles. The summed E-state index contributed by atoms with van der Waals surface area (Å²) in [4.78, 5) is 8.72. The van der Waals surface area contributed by atoms with Crippen molar-refractivity contribution in [2.24, 2.45) is 0 Å². The standard InChI is InChI=1S/C12H12N6OS/c1-2-8(11-9(3-1)15-18-16-11)12-14-10(17-19-12)4-7-5-20-6-13-7/h5-6,8H,1-4H2,(H,15,16,18). The Labute approximate surface area is 118 Å². The van der Waals surface area contributed by atoms with Gasteiger partial charge in [0.2, 0.25) is 5.89 Å². The molecular weight excluding hydrogens is 276 g/mol. The van der Waals surface area contributed by atoms with Gasteiger partial charge in [-0.25, -0.2) is 4.98 Å². The molecule has 102 valence electrons. The Balaban J connectivity index is 1.60. The molecule has 0 amide bonds. The number of nitrogens with zero attached hydrogens (tertiary/aromatic N) is 5. The van der Waals surface area contributed by atoms with Crippen molar-refractivity contribution in [2.75, 3.05) is 0 Å². The number of hydrogen-bond donors (Lipinski definition) is 1. The fourth-order valence-electron chi connectivity index (χ4n) is 2.54. The Kier molecular flexibility index (Phi) is 2.80. The van der Waals surface area contributed by atoms with Gasteiger partial charge in [0, 0.05) is 5.38 Å². The predicted octanol–water partition coefficient (Wildman–Crippen LogP) is 1.70. The highest BCUT2D eigenvalue weighted by Gasteiger charge is 2.29. The highest BCUT2D eigenvalue weighted by Crippen LogP contribution is 2.33. The van der Waals surface area contributed by atoms with Crippen LogP contribution in [0.15, 0.2) is 15.4 Å². The molecule has 0 fully saturated rings. The average Bonchev–Trinajstić information content (AvgIpc) is 3.19. The molecule has 0 aromatic carbocycles. The second kappa shape index (κ2) is 4.78. The van der Waals surface area contributed by atoms with Gasteiger partial charge < -0.3 is 4.52 Å². The van der Waals surface area contributed by atoms with Gasteiger partial charge in [-0.3, -0.25) is 0 Å². The lowest BCUT2D eigenvalue weighted by molar-refractivity contribution is 0.348. The highest BCUT2D eigenvalue weighted by molar-refractivity contribution is 7.07. The zero-order valence-electron chi connectivity index (χ0n) is 10.6. The normalized spacial score (nSPS) is 18.1. The van der Waals surface area contributed by atoms with E-state index in [4.69, 9.17) is 4.52 Å². The van der Waals surface area contributed by atoms with Crippen molar-refractivity contribution in [3.05, 3.63) is 39.7 Å². The van der Waals surface area contributed by atoms with Crippen molar-refractivity contribution in [3.63, 3.8) is 0 Å². The first-order chi connectivity index (χ1) is 9.90. The molecule has 3 heterocycles. The SMILES string of the molecule is c1nc(Cc2noc(C3CCCc4n[nH]nc43)n2)cs1. The minimum absolute atomic E-state index is 0.0641. The molecular formula is C12H12N6OS. The average molecular weight is 288 g/mol. The lowest BCUT2D eigenvalue weighted by Gasteiger charge is -2.15. The molecule has 3 aromatic rings. The summed E-state index contributed by atoms with van der Waals surface area (Å²) in [6, 6.07) is 0. The summed E-state index contributed by atoms with van der Waals surface area (Å²) in [5.74, 6) is 1.36. The molecule has 1 N–H and O–H groups in total. The first-order valence-corrected chi connectivity index (χ1v) is 7.43. The van der Waals surface area contributed by atoms with Gasteiger partial charge in [0.15, 0.2) is 5.82 Å². The van der Waals surface area contributed by atoms with Gasteiger partial charge in [0.05, 0.1) is 34.9 Å². The third-order valence-electron chi connectivity index (χ3n) is 3.49. The quantitative estimate of drug-likeness (QED) is 0.788. The molecule has 7 nitrogen and oxygen atoms in total. The Bertz CT molecular complexity index is 703. The molecule has 0 saturated heterocycles. The molecule has 0 spiro atoms. The van der Waals surface area contributed by atoms with Gasteiger partial charge in [-0.15, -0.1) is 11.3 Å². The lowest BCUT2D eigenvalue weighted by atomic mass is 9.90. The molecule has 8 heteroatoms. The maximum absolute atomic E-state index is 5.41. The lowest BCUT2D eigenvalue weighted by Crippen LogP contribution is -2.11. The summed E-state index contributed by atoms with van der Waals surface area (Å²) in [5, 5.41) is 17.1. The number of thiazole rings is 1. The number of aryl methyl sites for hydroxylation is 1. The van der Waals surface area contributed by atoms with Gasteiger partial charge in [0.25, 0.3) is 0 Å². The predicted molar refractivity (Wildman–Crippen MR) is 70.4 cm³/mol. The molecule has 0 bridgehead atoms. The van der Waals surface area contributed by atoms with E-state index in [0.29, 0.717) is 18.1 Å². The van der Waals surface area contributed by atoms with Crippen molar-refractivity contribution in [1.82, 2.24) is 30.5 Å². The van der Waals surface area contributed by atoms with Crippen LogP contribution in [0.4, 0.5) is 0 Å². The zero-order chi connectivity index (χ0) is 13.4. The van der Waals surface area contributed by atoms with Gasteiger partial charge in [-0.1, -0.05) is 5.16 Å². The molecule has 1 aliphatic rings. The molecule has 1 unspecified atom stereocenters. The van der Waals surface area contributed by atoms with Crippen LogP contribution in [0.3, 0.4) is 0 Å². The van der Waals surface area contributed by atoms with Crippen molar-refractivity contribution >= 4 is 11.3 Å². The van der Waals surface area contributed by atoms with Crippen molar-refractivity contribution in [3.8, 4) is 0 Å². The van der Waals surface area contributed by atoms with E-state index in [1.807, 2.05) is 5.38 Å². The van der Waals surface area contributed by atoms with Crippen molar-refractivity contribution < 1.29 is 4.52 Å². The van der Waals surface area contributed by atoms with E-state index in [-0.39, 0.29) is 5.92 Å². The van der Waals surface area contributed by atoms with Gasteiger partial charge >= 0.3 is 0 Å². The van der Waals surface area contributed by atoms with E-state index in [1.54, 1.807) is 16.8 Å². The summed E-state index contributed by atoms with van der Waals surface area (Å²) in [6.07, 6.45) is 3.60. The zero-order valence-corrected chi connectivity index (χ0v) is 11.4. The summed E-state index contributed by atoms with van der Waals surface area (Å²) >= 11 is 1.57. The summed E-state index contributed by atoms with van der Waals surface area (Å²) < 4.78 is 5.41. The fraction of sp³-hybridized carbons (Fsp3) is 0.417. The maximum atomic E-state index is 5.41. The Morgan fingerprint density at radius 3 is 3.30 bits per heavy atom. The minimum Gasteiger partial charge on any atom is -0.339 e. The van der Waals surface area contributed by atoms with Gasteiger partial charge in [-0.2, -0.15) is 20.4 Å². The van der Waals surface area contributed by atoms with Crippen LogP contribution in [0, 0.1) is 0 Å². The number of rotatable bonds is 3. The van der Waals surface area contributed by atoms with E-state index in [1.165, 1.54) is 0 Å². The summed E-state index contributed by atoms with van der Waals surface area (Å²) in [7, 11) is 0. The molecule has 3 aromatic heterocycles. The third kappa shape index (κ3) is 2.01. The molecule has 1 atom stereocenters. The van der Waals surface area contributed by atoms with Crippen LogP contribution in [0.1, 0.15) is 47.6 Å². The third-order valence-corrected chi connectivity index (χ3v) is 4.13. The number of fused-ring (bicyclic) bond motifs is 1. The van der Waals surface area contributed by atoms with Crippen LogP contribution < -0.4 is 0 Å². The van der Waals surface area contributed by atoms with E-state index < -0.39 is 0 Å². The van der Waals surface area contributed by atoms with E-state index >= 15 is 0 Å². The number of aromatic amines is 1. The largest absolute Gasteiger partial charge is 0.339 e. The van der Waals surface area contributed by atoms with E-state index in [9.17, 15) is 0 Å². The monoisotopic (exact) mass is 288 g/mol. The first kappa shape index (κ1) is 11.7. The molecule has 0 aliphatic heterocycles. The molecule has 0 radical (unpaired) electrons. The smallest absolute Gasteiger partial charge is 0.235 e. The second-order valence-corrected chi connectivity index (χ2v) is 5.52. The van der Waals surface area contributed by atoms with Gasteiger partial charge in [-0.05, 0) is 19.3 Å². The fourth-order valence-corrected chi connectivity index (χ4v) is 3.10. The Morgan fingerprint density at radius 2 is 2.40 bits per heavy atom. The van der Waals surface area contributed by atoms with E-state index in [2.05, 4.69) is 30.5 Å². The molecule has 20 heavy (non-hydrogen) atoms. The molecule has 4 rings (SSSR count). The van der Waals surface area contributed by atoms with Crippen LogP contribution >= 0.6 is 11.3 Å². The van der Waals surface area contributed by atoms with Crippen LogP contribution in [-0.2, 0) is 12.8 Å². The topological polar surface area (TPSA) is 93.4 Å². The Morgan fingerprint density at radius 1 is 1.40 bits per heavy atom. The number of aromatic nitrogens is 6. The summed E-state index contributed by atoms with van der Waals surface area (Å²) in [5.41, 5.74) is 4.73. The van der Waals surface area contributed by atoms with Crippen LogP contribution in [-0.4, -0.2) is 30.5 Å². The first-order valence-electron chi connectivity index (χ1n) is 6.49. The Hall–Kier alpha value is -2.09. The second-order valence-electron chi connectivity index (χ2n) is 4.81. The number of hydrogen-bond acceptors (Lipinski definition) is 7.